The fourth-order valence-corrected chi connectivity index (χ4v) is 2.74. The Labute approximate surface area is 106 Å². The third-order valence-corrected chi connectivity index (χ3v) is 3.69. The van der Waals surface area contributed by atoms with E-state index in [4.69, 9.17) is 10.3 Å². The summed E-state index contributed by atoms with van der Waals surface area (Å²) in [6, 6.07) is 8.33. The van der Waals surface area contributed by atoms with Crippen LogP contribution in [0, 0.1) is 6.92 Å². The van der Waals surface area contributed by atoms with Crippen LogP contribution in [-0.2, 0) is 12.0 Å². The van der Waals surface area contributed by atoms with Gasteiger partial charge < -0.3 is 10.3 Å². The van der Waals surface area contributed by atoms with Crippen molar-refractivity contribution in [3.05, 3.63) is 47.1 Å². The zero-order valence-electron chi connectivity index (χ0n) is 10.5. The highest BCUT2D eigenvalue weighted by Gasteiger charge is 2.37. The molecule has 1 unspecified atom stereocenters. The number of nitrogens with zero attached hydrogens (tertiary/aromatic N) is 2. The van der Waals surface area contributed by atoms with Crippen LogP contribution in [0.25, 0.3) is 0 Å². The molecule has 0 fully saturated rings. The number of hydrogen-bond acceptors (Lipinski definition) is 4. The zero-order chi connectivity index (χ0) is 12.6. The number of benzene rings is 1. The van der Waals surface area contributed by atoms with Crippen LogP contribution in [0.5, 0.6) is 0 Å². The lowest BCUT2D eigenvalue weighted by Crippen LogP contribution is -2.39. The topological polar surface area (TPSA) is 64.9 Å². The van der Waals surface area contributed by atoms with Gasteiger partial charge in [0.25, 0.3) is 0 Å². The van der Waals surface area contributed by atoms with Gasteiger partial charge in [-0.25, -0.2) is 0 Å². The molecule has 0 bridgehead atoms. The van der Waals surface area contributed by atoms with Gasteiger partial charge in [0.2, 0.25) is 5.89 Å². The van der Waals surface area contributed by atoms with Crippen molar-refractivity contribution in [1.29, 1.82) is 0 Å². The van der Waals surface area contributed by atoms with Crippen LogP contribution in [0.3, 0.4) is 0 Å². The molecule has 0 saturated carbocycles. The first-order chi connectivity index (χ1) is 8.70. The normalized spacial score (nSPS) is 23.4. The average Bonchev–Trinajstić information content (AvgIpc) is 2.74. The molecule has 4 nitrogen and oxygen atoms in total. The molecular weight excluding hydrogens is 226 g/mol. The molecule has 0 radical (unpaired) electrons. The second-order valence-electron chi connectivity index (χ2n) is 4.97. The van der Waals surface area contributed by atoms with E-state index >= 15 is 0 Å². The van der Waals surface area contributed by atoms with E-state index in [0.29, 0.717) is 11.7 Å². The van der Waals surface area contributed by atoms with E-state index in [1.165, 1.54) is 5.56 Å². The number of fused-ring (bicyclic) bond motifs is 1. The van der Waals surface area contributed by atoms with Crippen LogP contribution >= 0.6 is 0 Å². The third kappa shape index (κ3) is 1.73. The molecule has 2 N–H and O–H groups in total. The maximum atomic E-state index is 6.62. The maximum absolute atomic E-state index is 6.62. The zero-order valence-corrected chi connectivity index (χ0v) is 10.5. The molecular formula is C14H17N3O. The molecule has 18 heavy (non-hydrogen) atoms. The Bertz CT molecular complexity index is 564. The molecule has 0 amide bonds. The molecule has 3 rings (SSSR count). The van der Waals surface area contributed by atoms with Crippen LogP contribution in [0.1, 0.15) is 42.1 Å². The molecule has 0 aliphatic heterocycles. The minimum Gasteiger partial charge on any atom is -0.340 e. The van der Waals surface area contributed by atoms with E-state index in [1.54, 1.807) is 6.92 Å². The maximum Gasteiger partial charge on any atom is 0.223 e. The summed E-state index contributed by atoms with van der Waals surface area (Å²) in [6.07, 6.45) is 4.18. The Morgan fingerprint density at radius 1 is 1.28 bits per heavy atom. The van der Waals surface area contributed by atoms with Gasteiger partial charge in [0.15, 0.2) is 5.82 Å². The number of hydrogen-bond donors (Lipinski definition) is 1. The van der Waals surface area contributed by atoms with Crippen LogP contribution in [-0.4, -0.2) is 10.1 Å². The lowest BCUT2D eigenvalue weighted by molar-refractivity contribution is 0.364. The first-order valence-corrected chi connectivity index (χ1v) is 6.38. The van der Waals surface area contributed by atoms with Crippen molar-refractivity contribution in [2.45, 2.75) is 38.1 Å². The Hall–Kier alpha value is -1.68. The van der Waals surface area contributed by atoms with E-state index in [9.17, 15) is 0 Å². The van der Waals surface area contributed by atoms with Gasteiger partial charge in [0, 0.05) is 6.92 Å². The first kappa shape index (κ1) is 11.4. The van der Waals surface area contributed by atoms with Gasteiger partial charge in [0.05, 0.1) is 0 Å². The molecule has 4 heteroatoms. The van der Waals surface area contributed by atoms with Crippen molar-refractivity contribution in [2.75, 3.05) is 0 Å². The van der Waals surface area contributed by atoms with E-state index in [0.717, 1.165) is 31.2 Å². The average molecular weight is 243 g/mol. The fourth-order valence-electron chi connectivity index (χ4n) is 2.74. The standard InChI is InChI=1S/C14H17N3O/c1-10-16-13(17-18-10)14(15)9-5-4-7-11-6-2-3-8-12(11)14/h2-3,6,8H,4-5,7,9,15H2,1H3. The smallest absolute Gasteiger partial charge is 0.223 e. The van der Waals surface area contributed by atoms with Gasteiger partial charge in [-0.1, -0.05) is 35.8 Å². The van der Waals surface area contributed by atoms with Crippen LogP contribution < -0.4 is 5.73 Å². The second kappa shape index (κ2) is 4.21. The van der Waals surface area contributed by atoms with Gasteiger partial charge >= 0.3 is 0 Å². The summed E-state index contributed by atoms with van der Waals surface area (Å²) >= 11 is 0. The molecule has 2 aromatic rings. The van der Waals surface area contributed by atoms with Gasteiger partial charge in [-0.2, -0.15) is 4.98 Å². The van der Waals surface area contributed by atoms with E-state index in [2.05, 4.69) is 28.3 Å². The number of aromatic nitrogens is 2. The highest BCUT2D eigenvalue weighted by Crippen LogP contribution is 2.35. The first-order valence-electron chi connectivity index (χ1n) is 6.38. The van der Waals surface area contributed by atoms with E-state index in [-0.39, 0.29) is 0 Å². The minimum atomic E-state index is -0.606. The summed E-state index contributed by atoms with van der Waals surface area (Å²) in [5.74, 6) is 1.17. The molecule has 1 atom stereocenters. The predicted molar refractivity (Wildman–Crippen MR) is 68.0 cm³/mol. The number of nitrogens with two attached hydrogens (primary N) is 1. The van der Waals surface area contributed by atoms with Crippen molar-refractivity contribution in [3.8, 4) is 0 Å². The monoisotopic (exact) mass is 243 g/mol. The molecule has 1 aliphatic rings. The highest BCUT2D eigenvalue weighted by atomic mass is 16.5. The van der Waals surface area contributed by atoms with Crippen LogP contribution in [0.4, 0.5) is 0 Å². The van der Waals surface area contributed by atoms with Gasteiger partial charge in [-0.05, 0) is 30.4 Å². The highest BCUT2D eigenvalue weighted by molar-refractivity contribution is 5.39. The molecule has 0 saturated heterocycles. The van der Waals surface area contributed by atoms with Crippen LogP contribution in [0.15, 0.2) is 28.8 Å². The van der Waals surface area contributed by atoms with E-state index < -0.39 is 5.54 Å². The summed E-state index contributed by atoms with van der Waals surface area (Å²) in [6.45, 7) is 1.79. The van der Waals surface area contributed by atoms with Crippen molar-refractivity contribution in [3.63, 3.8) is 0 Å². The molecule has 1 heterocycles. The van der Waals surface area contributed by atoms with Crippen LogP contribution in [0.2, 0.25) is 0 Å². The van der Waals surface area contributed by atoms with Gasteiger partial charge in [-0.15, -0.1) is 0 Å². The summed E-state index contributed by atoms with van der Waals surface area (Å²) in [5.41, 5.74) is 8.46. The lowest BCUT2D eigenvalue weighted by atomic mass is 9.85. The molecule has 94 valence electrons. The molecule has 1 aliphatic carbocycles. The Morgan fingerprint density at radius 2 is 2.11 bits per heavy atom. The summed E-state index contributed by atoms with van der Waals surface area (Å²) < 4.78 is 5.10. The Balaban J connectivity index is 2.16. The minimum absolute atomic E-state index is 0.566. The summed E-state index contributed by atoms with van der Waals surface area (Å²) in [5, 5.41) is 4.04. The Morgan fingerprint density at radius 3 is 2.89 bits per heavy atom. The Kier molecular flexibility index (Phi) is 2.67. The van der Waals surface area contributed by atoms with Crippen molar-refractivity contribution >= 4 is 0 Å². The third-order valence-electron chi connectivity index (χ3n) is 3.69. The summed E-state index contributed by atoms with van der Waals surface area (Å²) in [7, 11) is 0. The molecule has 1 aromatic heterocycles. The van der Waals surface area contributed by atoms with E-state index in [1.807, 2.05) is 6.07 Å². The van der Waals surface area contributed by atoms with Crippen molar-refractivity contribution in [1.82, 2.24) is 10.1 Å². The quantitative estimate of drug-likeness (QED) is 0.780. The molecule has 0 spiro atoms. The van der Waals surface area contributed by atoms with Gasteiger partial charge in [0.1, 0.15) is 5.54 Å². The summed E-state index contributed by atoms with van der Waals surface area (Å²) in [4.78, 5) is 4.34. The number of aryl methyl sites for hydroxylation is 2. The molecule has 1 aromatic carbocycles. The van der Waals surface area contributed by atoms with Crippen molar-refractivity contribution < 1.29 is 4.52 Å². The number of rotatable bonds is 1. The SMILES string of the molecule is Cc1nc(C2(N)CCCCc3ccccc32)no1. The lowest BCUT2D eigenvalue weighted by Gasteiger charge is -2.26. The fraction of sp³-hybridized carbons (Fsp3) is 0.429. The largest absolute Gasteiger partial charge is 0.340 e. The predicted octanol–water partition coefficient (Wildman–Crippen LogP) is 2.31. The van der Waals surface area contributed by atoms with Gasteiger partial charge in [-0.3, -0.25) is 0 Å². The second-order valence-corrected chi connectivity index (χ2v) is 4.97. The van der Waals surface area contributed by atoms with Crippen molar-refractivity contribution in [2.24, 2.45) is 5.73 Å².